The molecule has 2 aromatic heterocycles. The fourth-order valence-corrected chi connectivity index (χ4v) is 7.54. The van der Waals surface area contributed by atoms with Crippen LogP contribution in [-0.4, -0.2) is 99.7 Å². The van der Waals surface area contributed by atoms with E-state index in [0.29, 0.717) is 17.1 Å². The lowest BCUT2D eigenvalue weighted by Gasteiger charge is -2.36. The van der Waals surface area contributed by atoms with Crippen LogP contribution in [0.15, 0.2) is 60.1 Å². The van der Waals surface area contributed by atoms with E-state index in [0.717, 1.165) is 25.5 Å². The van der Waals surface area contributed by atoms with Gasteiger partial charge in [-0.05, 0) is 72.7 Å². The Hall–Kier alpha value is -5.10. The van der Waals surface area contributed by atoms with Gasteiger partial charge in [-0.25, -0.2) is 22.9 Å². The molecule has 3 aliphatic rings. The van der Waals surface area contributed by atoms with Gasteiger partial charge < -0.3 is 25.0 Å². The highest BCUT2D eigenvalue weighted by Gasteiger charge is 2.61. The first-order chi connectivity index (χ1) is 25.5. The number of sulfonamides is 1. The van der Waals surface area contributed by atoms with Gasteiger partial charge in [-0.3, -0.25) is 14.4 Å². The van der Waals surface area contributed by atoms with E-state index in [-0.39, 0.29) is 35.5 Å². The van der Waals surface area contributed by atoms with Crippen molar-refractivity contribution in [2.45, 2.75) is 87.5 Å². The van der Waals surface area contributed by atoms with Crippen LogP contribution in [0.1, 0.15) is 58.9 Å². The van der Waals surface area contributed by atoms with Crippen molar-refractivity contribution in [3.63, 3.8) is 0 Å². The molecular weight excluding hydrogens is 742 g/mol. The van der Waals surface area contributed by atoms with Crippen LogP contribution in [0.4, 0.5) is 4.79 Å². The number of carbonyl (C=O) groups excluding carboxylic acids is 4. The summed E-state index contributed by atoms with van der Waals surface area (Å²) < 4.78 is 39.0. The highest BCUT2D eigenvalue weighted by Crippen LogP contribution is 2.45. The highest BCUT2D eigenvalue weighted by molar-refractivity contribution is 7.90. The van der Waals surface area contributed by atoms with Gasteiger partial charge in [-0.15, -0.1) is 16.8 Å². The molecule has 0 unspecified atom stereocenters. The second-order valence-corrected chi connectivity index (χ2v) is 16.8. The number of halogens is 1. The third-order valence-corrected chi connectivity index (χ3v) is 11.5. The summed E-state index contributed by atoms with van der Waals surface area (Å²) in [6.45, 7) is 9.03. The lowest BCUT2D eigenvalue weighted by atomic mass is 9.85. The van der Waals surface area contributed by atoms with E-state index < -0.39 is 68.8 Å². The number of pyridine rings is 1. The monoisotopic (exact) mass is 783 g/mol. The fourth-order valence-electron chi connectivity index (χ4n) is 6.45. The van der Waals surface area contributed by atoms with Gasteiger partial charge in [-0.2, -0.15) is 4.80 Å². The number of amides is 4. The minimum absolute atomic E-state index is 0.00453. The van der Waals surface area contributed by atoms with Gasteiger partial charge in [0.1, 0.15) is 39.5 Å². The van der Waals surface area contributed by atoms with Crippen LogP contribution < -0.4 is 20.1 Å². The third-order valence-electron chi connectivity index (χ3n) is 9.96. The largest absolute Gasteiger partial charge is 0.497 e. The number of tetrazole rings is 1. The zero-order chi connectivity index (χ0) is 39.0. The van der Waals surface area contributed by atoms with Crippen molar-refractivity contribution in [1.82, 2.24) is 45.4 Å². The van der Waals surface area contributed by atoms with E-state index in [2.05, 4.69) is 37.6 Å². The maximum atomic E-state index is 14.5. The van der Waals surface area contributed by atoms with Gasteiger partial charge in [0.05, 0.1) is 13.2 Å². The van der Waals surface area contributed by atoms with Crippen LogP contribution in [0.25, 0.3) is 11.4 Å². The maximum absolute atomic E-state index is 14.5. The topological polar surface area (TPSA) is 217 Å². The molecule has 2 saturated carbocycles. The second kappa shape index (κ2) is 15.0. The van der Waals surface area contributed by atoms with Gasteiger partial charge in [0, 0.05) is 30.6 Å². The number of rotatable bonds is 12. The molecule has 19 heteroatoms. The zero-order valence-electron chi connectivity index (χ0n) is 30.2. The van der Waals surface area contributed by atoms with E-state index >= 15 is 0 Å². The molecule has 3 N–H and O–H groups in total. The SMILES string of the molecule is C=C[C@@H]1C[C@]1(NC(=O)[C@@H]1C[C@@H](n2nnc(-c3ccc(OC)cc3)n2)CN1C(=O)[C@@H](NC(=O)OC1CCC1)C(C)(C)C)C(=O)NS(=O)(=O)c1ccc(Cl)nc1. The Bertz CT molecular complexity index is 2030. The van der Waals surface area contributed by atoms with Crippen LogP contribution in [0, 0.1) is 11.3 Å². The van der Waals surface area contributed by atoms with Gasteiger partial charge in [0.25, 0.3) is 15.9 Å². The molecule has 3 heterocycles. The number of alkyl carbamates (subject to hydrolysis) is 1. The predicted molar refractivity (Wildman–Crippen MR) is 193 cm³/mol. The molecular formula is C35H42ClN9O8S. The molecule has 1 saturated heterocycles. The first kappa shape index (κ1) is 38.6. The first-order valence-electron chi connectivity index (χ1n) is 17.4. The fraction of sp³-hybridized carbons (Fsp3) is 0.486. The van der Waals surface area contributed by atoms with Crippen LogP contribution in [0.2, 0.25) is 5.15 Å². The third kappa shape index (κ3) is 8.03. The molecule has 54 heavy (non-hydrogen) atoms. The van der Waals surface area contributed by atoms with E-state index in [1.165, 1.54) is 27.9 Å². The Kier molecular flexibility index (Phi) is 10.7. The van der Waals surface area contributed by atoms with Crippen LogP contribution in [-0.2, 0) is 29.1 Å². The van der Waals surface area contributed by atoms with Gasteiger partial charge in [0.2, 0.25) is 17.6 Å². The molecule has 6 rings (SSSR count). The summed E-state index contributed by atoms with van der Waals surface area (Å²) in [5.74, 6) is -1.96. The molecule has 3 aromatic rings. The van der Waals surface area contributed by atoms with Crippen molar-refractivity contribution in [3.05, 3.63) is 60.4 Å². The van der Waals surface area contributed by atoms with Crippen molar-refractivity contribution < 1.29 is 37.1 Å². The molecule has 0 bridgehead atoms. The van der Waals surface area contributed by atoms with Gasteiger partial charge >= 0.3 is 6.09 Å². The summed E-state index contributed by atoms with van der Waals surface area (Å²) in [5.41, 5.74) is -1.84. The molecule has 4 amide bonds. The van der Waals surface area contributed by atoms with E-state index in [1.54, 1.807) is 52.1 Å². The standard InChI is InChI=1S/C35H42ClN9O8S/c1-6-21-17-35(21,32(48)42-54(50,51)25-14-15-27(36)37-18-25)39-30(46)26-16-22(45-41-29(40-43-45)20-10-12-23(52-5)13-11-20)19-44(26)31(47)28(34(2,3)4)38-33(49)53-24-8-7-9-24/h6,10-15,18,21-22,24,26,28H,1,7-9,16-17,19H2,2-5H3,(H,38,49)(H,39,46)(H,42,48)/t21-,22-,26+,28-,35-/m1/s1. The summed E-state index contributed by atoms with van der Waals surface area (Å²) in [7, 11) is -2.85. The highest BCUT2D eigenvalue weighted by atomic mass is 35.5. The van der Waals surface area contributed by atoms with Crippen molar-refractivity contribution in [3.8, 4) is 17.1 Å². The Morgan fingerprint density at radius 3 is 2.41 bits per heavy atom. The van der Waals surface area contributed by atoms with Gasteiger partial charge in [-0.1, -0.05) is 38.4 Å². The molecule has 288 valence electrons. The molecule has 5 atom stereocenters. The number of ether oxygens (including phenoxy) is 2. The molecule has 0 spiro atoms. The average molecular weight is 784 g/mol. The second-order valence-electron chi connectivity index (χ2n) is 14.7. The smallest absolute Gasteiger partial charge is 0.408 e. The summed E-state index contributed by atoms with van der Waals surface area (Å²) in [6.07, 6.45) is 3.95. The first-order valence-corrected chi connectivity index (χ1v) is 19.3. The molecule has 17 nitrogen and oxygen atoms in total. The normalized spacial score (nSPS) is 23.1. The Labute approximate surface area is 317 Å². The van der Waals surface area contributed by atoms with E-state index in [4.69, 9.17) is 21.1 Å². The number of aromatic nitrogens is 5. The minimum Gasteiger partial charge on any atom is -0.497 e. The molecule has 3 fully saturated rings. The number of hydrogen-bond acceptors (Lipinski definition) is 12. The molecule has 1 aliphatic heterocycles. The number of carbonyl (C=O) groups is 4. The number of nitrogens with one attached hydrogen (secondary N) is 3. The average Bonchev–Trinajstić information content (AvgIpc) is 3.40. The molecule has 2 aliphatic carbocycles. The predicted octanol–water partition coefficient (Wildman–Crippen LogP) is 2.80. The lowest BCUT2D eigenvalue weighted by molar-refractivity contribution is -0.142. The van der Waals surface area contributed by atoms with E-state index in [1.807, 2.05) is 4.72 Å². The number of benzene rings is 1. The minimum atomic E-state index is -4.40. The lowest BCUT2D eigenvalue weighted by Crippen LogP contribution is -2.60. The summed E-state index contributed by atoms with van der Waals surface area (Å²) >= 11 is 5.80. The number of hydrogen-bond donors (Lipinski definition) is 3. The summed E-state index contributed by atoms with van der Waals surface area (Å²) in [4.78, 5) is 61.5. The summed E-state index contributed by atoms with van der Waals surface area (Å²) in [5, 5.41) is 18.5. The van der Waals surface area contributed by atoms with Crippen molar-refractivity contribution in [1.29, 1.82) is 0 Å². The Morgan fingerprint density at radius 2 is 1.83 bits per heavy atom. The number of likely N-dealkylation sites (tertiary alicyclic amines) is 1. The summed E-state index contributed by atoms with van der Waals surface area (Å²) in [6, 6.07) is 6.53. The molecule has 0 radical (unpaired) electrons. The van der Waals surface area contributed by atoms with E-state index in [9.17, 15) is 27.6 Å². The number of nitrogens with zero attached hydrogens (tertiary/aromatic N) is 6. The van der Waals surface area contributed by atoms with Crippen molar-refractivity contribution in [2.24, 2.45) is 11.3 Å². The van der Waals surface area contributed by atoms with Crippen LogP contribution in [0.3, 0.4) is 0 Å². The van der Waals surface area contributed by atoms with Crippen molar-refractivity contribution in [2.75, 3.05) is 13.7 Å². The van der Waals surface area contributed by atoms with Crippen molar-refractivity contribution >= 4 is 45.4 Å². The van der Waals surface area contributed by atoms with Gasteiger partial charge in [0.15, 0.2) is 0 Å². The Balaban J connectivity index is 1.27. The Morgan fingerprint density at radius 1 is 1.11 bits per heavy atom. The van der Waals surface area contributed by atoms with Crippen LogP contribution in [0.5, 0.6) is 5.75 Å². The zero-order valence-corrected chi connectivity index (χ0v) is 31.8. The molecule has 1 aromatic carbocycles. The quantitative estimate of drug-likeness (QED) is 0.179. The van der Waals surface area contributed by atoms with Crippen LogP contribution >= 0.6 is 11.6 Å². The maximum Gasteiger partial charge on any atom is 0.408 e. The number of methoxy groups -OCH3 is 1.